The van der Waals surface area contributed by atoms with Crippen LogP contribution in [0.4, 0.5) is 0 Å². The van der Waals surface area contributed by atoms with Gasteiger partial charge in [0.15, 0.2) is 18.0 Å². The Balaban J connectivity index is 2.01. The van der Waals surface area contributed by atoms with Gasteiger partial charge in [0.2, 0.25) is 11.2 Å². The molecule has 0 radical (unpaired) electrons. The van der Waals surface area contributed by atoms with Gasteiger partial charge in [-0.15, -0.1) is 6.42 Å². The number of ether oxygens (including phenoxy) is 2. The number of fused-ring (bicyclic) bond motifs is 4. The standard InChI is InChI=1S/C16H9ClO4/c1-2-11-9-5-6-19-14(9)16-15(20-11)13(18)10-7-8(17)3-4-12(10)21-16/h1,3-7,9,11,14H/t9-,11-,14-/m1/s1. The molecule has 3 heterocycles. The first-order valence-corrected chi connectivity index (χ1v) is 6.78. The Bertz CT molecular complexity index is 874. The molecule has 5 heteroatoms. The van der Waals surface area contributed by atoms with E-state index in [2.05, 4.69) is 5.92 Å². The third-order valence-corrected chi connectivity index (χ3v) is 3.96. The first-order valence-electron chi connectivity index (χ1n) is 6.40. The van der Waals surface area contributed by atoms with Crippen LogP contribution in [-0.4, -0.2) is 6.10 Å². The van der Waals surface area contributed by atoms with Crippen molar-refractivity contribution in [3.63, 3.8) is 0 Å². The van der Waals surface area contributed by atoms with E-state index in [1.165, 1.54) is 0 Å². The molecule has 0 aliphatic carbocycles. The summed E-state index contributed by atoms with van der Waals surface area (Å²) in [6.45, 7) is 0. The van der Waals surface area contributed by atoms with Crippen molar-refractivity contribution >= 4 is 22.6 Å². The third-order valence-electron chi connectivity index (χ3n) is 3.73. The van der Waals surface area contributed by atoms with Crippen LogP contribution in [-0.2, 0) is 4.74 Å². The summed E-state index contributed by atoms with van der Waals surface area (Å²) in [5.41, 5.74) is 0.156. The number of benzene rings is 1. The molecule has 0 N–H and O–H groups in total. The van der Waals surface area contributed by atoms with Crippen LogP contribution in [0, 0.1) is 18.3 Å². The molecule has 0 unspecified atom stereocenters. The maximum atomic E-state index is 12.6. The van der Waals surface area contributed by atoms with Crippen molar-refractivity contribution in [3.8, 4) is 18.1 Å². The summed E-state index contributed by atoms with van der Waals surface area (Å²) >= 11 is 5.93. The third kappa shape index (κ3) is 1.68. The molecule has 3 atom stereocenters. The van der Waals surface area contributed by atoms with Crippen molar-refractivity contribution < 1.29 is 13.9 Å². The van der Waals surface area contributed by atoms with E-state index in [1.54, 1.807) is 24.5 Å². The number of hydrogen-bond acceptors (Lipinski definition) is 4. The molecule has 4 rings (SSSR count). The fourth-order valence-electron chi connectivity index (χ4n) is 2.73. The molecule has 1 aromatic carbocycles. The lowest BCUT2D eigenvalue weighted by Gasteiger charge is -2.30. The summed E-state index contributed by atoms with van der Waals surface area (Å²) in [4.78, 5) is 12.6. The molecule has 104 valence electrons. The van der Waals surface area contributed by atoms with E-state index in [-0.39, 0.29) is 17.1 Å². The molecule has 1 aromatic heterocycles. The second-order valence-electron chi connectivity index (χ2n) is 4.93. The van der Waals surface area contributed by atoms with E-state index in [0.717, 1.165) is 0 Å². The Morgan fingerprint density at radius 2 is 2.19 bits per heavy atom. The first kappa shape index (κ1) is 12.4. The van der Waals surface area contributed by atoms with Crippen LogP contribution >= 0.6 is 11.6 Å². The van der Waals surface area contributed by atoms with Crippen LogP contribution in [0.25, 0.3) is 11.0 Å². The summed E-state index contributed by atoms with van der Waals surface area (Å²) in [7, 11) is 0. The fraction of sp³-hybridized carbons (Fsp3) is 0.188. The van der Waals surface area contributed by atoms with Gasteiger partial charge in [-0.3, -0.25) is 4.79 Å². The average Bonchev–Trinajstić information content (AvgIpc) is 2.97. The molecule has 21 heavy (non-hydrogen) atoms. The van der Waals surface area contributed by atoms with Crippen molar-refractivity contribution in [2.45, 2.75) is 12.2 Å². The van der Waals surface area contributed by atoms with Gasteiger partial charge in [0.05, 0.1) is 17.6 Å². The van der Waals surface area contributed by atoms with E-state index in [9.17, 15) is 4.79 Å². The Morgan fingerprint density at radius 3 is 3.00 bits per heavy atom. The molecule has 2 aliphatic rings. The predicted molar refractivity (Wildman–Crippen MR) is 77.2 cm³/mol. The maximum Gasteiger partial charge on any atom is 0.235 e. The monoisotopic (exact) mass is 300 g/mol. The fourth-order valence-corrected chi connectivity index (χ4v) is 2.90. The summed E-state index contributed by atoms with van der Waals surface area (Å²) in [5, 5.41) is 0.817. The van der Waals surface area contributed by atoms with Crippen LogP contribution in [0.15, 0.2) is 39.7 Å². The molecule has 0 saturated heterocycles. The van der Waals surface area contributed by atoms with Gasteiger partial charge in [0, 0.05) is 5.02 Å². The largest absolute Gasteiger partial charge is 0.489 e. The highest BCUT2D eigenvalue weighted by Gasteiger charge is 2.43. The lowest BCUT2D eigenvalue weighted by Crippen LogP contribution is -2.35. The van der Waals surface area contributed by atoms with E-state index in [4.69, 9.17) is 31.9 Å². The molecule has 0 bridgehead atoms. The Labute approximate surface area is 124 Å². The van der Waals surface area contributed by atoms with E-state index in [0.29, 0.717) is 21.8 Å². The van der Waals surface area contributed by atoms with E-state index < -0.39 is 12.2 Å². The van der Waals surface area contributed by atoms with Gasteiger partial charge >= 0.3 is 0 Å². The topological polar surface area (TPSA) is 48.7 Å². The Morgan fingerprint density at radius 1 is 1.33 bits per heavy atom. The zero-order valence-corrected chi connectivity index (χ0v) is 11.5. The van der Waals surface area contributed by atoms with Gasteiger partial charge in [0.25, 0.3) is 0 Å². The van der Waals surface area contributed by atoms with Gasteiger partial charge in [0.1, 0.15) is 5.58 Å². The van der Waals surface area contributed by atoms with Gasteiger partial charge < -0.3 is 13.9 Å². The lowest BCUT2D eigenvalue weighted by atomic mass is 9.92. The minimum absolute atomic E-state index is 0.109. The zero-order valence-electron chi connectivity index (χ0n) is 10.7. The highest BCUT2D eigenvalue weighted by Crippen LogP contribution is 2.44. The lowest BCUT2D eigenvalue weighted by molar-refractivity contribution is 0.0390. The van der Waals surface area contributed by atoms with Crippen molar-refractivity contribution in [3.05, 3.63) is 51.5 Å². The van der Waals surface area contributed by atoms with Crippen LogP contribution in [0.3, 0.4) is 0 Å². The van der Waals surface area contributed by atoms with Gasteiger partial charge in [-0.05, 0) is 24.3 Å². The number of halogens is 1. The SMILES string of the molecule is C#C[C@H]1Oc2c(oc3ccc(Cl)cc3c2=O)[C@@H]2OC=C[C@H]12. The summed E-state index contributed by atoms with van der Waals surface area (Å²) in [6.07, 6.45) is 7.89. The van der Waals surface area contributed by atoms with Crippen molar-refractivity contribution in [1.29, 1.82) is 0 Å². The quantitative estimate of drug-likeness (QED) is 0.702. The maximum absolute atomic E-state index is 12.6. The van der Waals surface area contributed by atoms with Gasteiger partial charge in [-0.25, -0.2) is 0 Å². The molecule has 0 spiro atoms. The first-order chi connectivity index (χ1) is 10.2. The van der Waals surface area contributed by atoms with Crippen molar-refractivity contribution in [1.82, 2.24) is 0 Å². The van der Waals surface area contributed by atoms with Gasteiger partial charge in [-0.2, -0.15) is 0 Å². The predicted octanol–water partition coefficient (Wildman–Crippen LogP) is 3.04. The smallest absolute Gasteiger partial charge is 0.235 e. The van der Waals surface area contributed by atoms with Crippen molar-refractivity contribution in [2.75, 3.05) is 0 Å². The Hall–Kier alpha value is -2.38. The molecular formula is C16H9ClO4. The second-order valence-corrected chi connectivity index (χ2v) is 5.37. The highest BCUT2D eigenvalue weighted by molar-refractivity contribution is 6.31. The highest BCUT2D eigenvalue weighted by atomic mass is 35.5. The molecular weight excluding hydrogens is 292 g/mol. The molecule has 2 aliphatic heterocycles. The molecule has 0 amide bonds. The number of hydrogen-bond donors (Lipinski definition) is 0. The molecule has 0 saturated carbocycles. The van der Waals surface area contributed by atoms with Gasteiger partial charge in [-0.1, -0.05) is 17.5 Å². The van der Waals surface area contributed by atoms with Crippen LogP contribution in [0.2, 0.25) is 5.02 Å². The van der Waals surface area contributed by atoms with E-state index >= 15 is 0 Å². The van der Waals surface area contributed by atoms with E-state index in [1.807, 2.05) is 6.08 Å². The van der Waals surface area contributed by atoms with Crippen LogP contribution in [0.5, 0.6) is 5.75 Å². The molecule has 2 aromatic rings. The normalized spacial score (nSPS) is 25.6. The molecule has 4 nitrogen and oxygen atoms in total. The summed E-state index contributed by atoms with van der Waals surface area (Å²) in [6, 6.07) is 4.87. The zero-order chi connectivity index (χ0) is 14.6. The minimum atomic E-state index is -0.555. The Kier molecular flexibility index (Phi) is 2.54. The number of rotatable bonds is 0. The van der Waals surface area contributed by atoms with Crippen LogP contribution in [0.1, 0.15) is 11.9 Å². The minimum Gasteiger partial charge on any atom is -0.489 e. The second kappa shape index (κ2) is 4.31. The number of terminal acetylenes is 1. The van der Waals surface area contributed by atoms with Crippen molar-refractivity contribution in [2.24, 2.45) is 5.92 Å². The summed E-state index contributed by atoms with van der Waals surface area (Å²) in [5.74, 6) is 2.87. The average molecular weight is 301 g/mol. The molecule has 0 fully saturated rings. The van der Waals surface area contributed by atoms with Crippen LogP contribution < -0.4 is 10.2 Å². The summed E-state index contributed by atoms with van der Waals surface area (Å²) < 4.78 is 17.0.